The minimum absolute atomic E-state index is 0.0210. The van der Waals surface area contributed by atoms with Crippen molar-refractivity contribution in [2.75, 3.05) is 7.11 Å². The van der Waals surface area contributed by atoms with E-state index in [0.717, 1.165) is 5.75 Å². The molecule has 284 valence electrons. The van der Waals surface area contributed by atoms with Crippen molar-refractivity contribution in [2.45, 2.75) is 150 Å². The van der Waals surface area contributed by atoms with Gasteiger partial charge in [0.25, 0.3) is 0 Å². The quantitative estimate of drug-likeness (QED) is 0.186. The van der Waals surface area contributed by atoms with Crippen LogP contribution < -0.4 is 4.74 Å². The van der Waals surface area contributed by atoms with Crippen LogP contribution in [0.25, 0.3) is 34.4 Å². The van der Waals surface area contributed by atoms with Gasteiger partial charge >= 0.3 is 0 Å². The van der Waals surface area contributed by atoms with E-state index in [2.05, 4.69) is 164 Å². The lowest BCUT2D eigenvalue weighted by molar-refractivity contribution is 0.399. The SMILES string of the molecule is COc1c(C(C)(C)C)cc2c(c1-c1cc(C(C)(C)C)cc(C(C)(C)C)c1)C=C(C)C2[Si](C)(C)C1C(C)=Cc2c1cc1c(c2-c2cc(C)cc(C)c2)CCC1. The van der Waals surface area contributed by atoms with Gasteiger partial charge in [-0.2, -0.15) is 0 Å². The van der Waals surface area contributed by atoms with Gasteiger partial charge in [0.1, 0.15) is 5.75 Å². The van der Waals surface area contributed by atoms with Crippen LogP contribution in [0.4, 0.5) is 0 Å². The Hall–Kier alpha value is -3.62. The zero-order chi connectivity index (χ0) is 39.4. The first-order valence-electron chi connectivity index (χ1n) is 20.6. The summed E-state index contributed by atoms with van der Waals surface area (Å²) in [6.45, 7) is 35.9. The van der Waals surface area contributed by atoms with Crippen molar-refractivity contribution < 1.29 is 4.74 Å². The van der Waals surface area contributed by atoms with Crippen LogP contribution in [0.15, 0.2) is 59.7 Å². The summed E-state index contributed by atoms with van der Waals surface area (Å²) in [4.78, 5) is 0. The molecule has 2 atom stereocenters. The summed E-state index contributed by atoms with van der Waals surface area (Å²) in [6, 6.07) is 19.8. The summed E-state index contributed by atoms with van der Waals surface area (Å²) in [6.07, 6.45) is 8.80. The molecule has 1 nitrogen and oxygen atoms in total. The molecule has 0 fully saturated rings. The van der Waals surface area contributed by atoms with Crippen molar-refractivity contribution in [3.63, 3.8) is 0 Å². The Kier molecular flexibility index (Phi) is 9.28. The number of benzene rings is 4. The number of hydrogen-bond donors (Lipinski definition) is 0. The van der Waals surface area contributed by atoms with Gasteiger partial charge in [0, 0.05) is 22.2 Å². The van der Waals surface area contributed by atoms with E-state index in [9.17, 15) is 0 Å². The first kappa shape index (κ1) is 38.6. The maximum Gasteiger partial charge on any atom is 0.131 e. The molecule has 0 saturated heterocycles. The van der Waals surface area contributed by atoms with E-state index in [1.807, 2.05) is 7.11 Å². The molecule has 2 unspecified atom stereocenters. The smallest absolute Gasteiger partial charge is 0.131 e. The van der Waals surface area contributed by atoms with E-state index in [1.165, 1.54) is 91.6 Å². The highest BCUT2D eigenvalue weighted by atomic mass is 28.3. The topological polar surface area (TPSA) is 9.23 Å². The second-order valence-corrected chi connectivity index (χ2v) is 25.8. The molecule has 54 heavy (non-hydrogen) atoms. The molecule has 2 heteroatoms. The van der Waals surface area contributed by atoms with Crippen LogP contribution in [0.3, 0.4) is 0 Å². The highest BCUT2D eigenvalue weighted by Crippen LogP contribution is 2.58. The van der Waals surface area contributed by atoms with Gasteiger partial charge in [-0.25, -0.2) is 0 Å². The van der Waals surface area contributed by atoms with Gasteiger partial charge in [0.05, 0.1) is 15.2 Å². The zero-order valence-corrected chi connectivity index (χ0v) is 37.5. The molecule has 0 bridgehead atoms. The highest BCUT2D eigenvalue weighted by molar-refractivity contribution is 6.81. The standard InChI is InChI=1S/C52H66OSi/c1-30-20-31(2)22-35(21-30)45-39-19-17-18-34(39)27-42-40(45)23-32(3)48(42)54(15,16)49-33(4)24-41-43(49)29-44(52(11,12)13)47(53-14)46(41)36-25-37(50(5,6)7)28-38(26-36)51(8,9)10/h20-29,48-49H,17-19H2,1-16H3. The van der Waals surface area contributed by atoms with Crippen LogP contribution in [0.1, 0.15) is 155 Å². The fraction of sp³-hybridized carbons (Fsp3) is 0.462. The Morgan fingerprint density at radius 2 is 1.07 bits per heavy atom. The van der Waals surface area contributed by atoms with E-state index >= 15 is 0 Å². The average Bonchev–Trinajstić information content (AvgIpc) is 3.74. The molecule has 0 aromatic heterocycles. The number of aryl methyl sites for hydroxylation is 3. The largest absolute Gasteiger partial charge is 0.496 e. The molecule has 3 aliphatic rings. The van der Waals surface area contributed by atoms with Crippen LogP contribution in [-0.4, -0.2) is 15.2 Å². The maximum atomic E-state index is 6.54. The summed E-state index contributed by atoms with van der Waals surface area (Å²) in [5.41, 5.74) is 25.3. The predicted octanol–water partition coefficient (Wildman–Crippen LogP) is 14.5. The van der Waals surface area contributed by atoms with Crippen molar-refractivity contribution in [2.24, 2.45) is 0 Å². The fourth-order valence-electron chi connectivity index (χ4n) is 10.7. The maximum absolute atomic E-state index is 6.54. The number of methoxy groups -OCH3 is 1. The van der Waals surface area contributed by atoms with Gasteiger partial charge in [-0.1, -0.05) is 158 Å². The highest BCUT2D eigenvalue weighted by Gasteiger charge is 2.48. The van der Waals surface area contributed by atoms with Gasteiger partial charge < -0.3 is 4.74 Å². The molecule has 0 radical (unpaired) electrons. The number of ether oxygens (including phenoxy) is 1. The van der Waals surface area contributed by atoms with Crippen molar-refractivity contribution in [3.8, 4) is 28.0 Å². The first-order chi connectivity index (χ1) is 25.0. The van der Waals surface area contributed by atoms with E-state index < -0.39 is 8.07 Å². The molecule has 0 aliphatic heterocycles. The summed E-state index contributed by atoms with van der Waals surface area (Å²) in [5.74, 6) is 1.03. The molecule has 0 heterocycles. The van der Waals surface area contributed by atoms with Crippen molar-refractivity contribution in [3.05, 3.63) is 121 Å². The summed E-state index contributed by atoms with van der Waals surface area (Å²) < 4.78 is 6.54. The van der Waals surface area contributed by atoms with Crippen LogP contribution >= 0.6 is 0 Å². The number of rotatable bonds is 5. The monoisotopic (exact) mass is 734 g/mol. The molecule has 0 amide bonds. The molecular formula is C52H66OSi. The molecule has 0 N–H and O–H groups in total. The van der Waals surface area contributed by atoms with E-state index in [1.54, 1.807) is 22.3 Å². The third-order valence-electron chi connectivity index (χ3n) is 13.1. The summed E-state index contributed by atoms with van der Waals surface area (Å²) >= 11 is 0. The second kappa shape index (κ2) is 13.0. The second-order valence-electron chi connectivity index (χ2n) is 21.0. The number of fused-ring (bicyclic) bond motifs is 3. The molecule has 7 rings (SSSR count). The lowest BCUT2D eigenvalue weighted by Gasteiger charge is -2.40. The van der Waals surface area contributed by atoms with Gasteiger partial charge in [0.15, 0.2) is 0 Å². The first-order valence-corrected chi connectivity index (χ1v) is 23.7. The molecule has 0 spiro atoms. The van der Waals surface area contributed by atoms with Crippen LogP contribution in [0.5, 0.6) is 5.75 Å². The Bertz CT molecular complexity index is 2200. The third-order valence-corrected chi connectivity index (χ3v) is 17.6. The Morgan fingerprint density at radius 1 is 0.574 bits per heavy atom. The third kappa shape index (κ3) is 6.39. The van der Waals surface area contributed by atoms with Gasteiger partial charge in [0.2, 0.25) is 0 Å². The van der Waals surface area contributed by atoms with Crippen molar-refractivity contribution in [1.82, 2.24) is 0 Å². The minimum atomic E-state index is -2.14. The van der Waals surface area contributed by atoms with Gasteiger partial charge in [-0.05, 0) is 124 Å². The van der Waals surface area contributed by atoms with Crippen LogP contribution in [0.2, 0.25) is 13.1 Å². The van der Waals surface area contributed by atoms with Crippen molar-refractivity contribution in [1.29, 1.82) is 0 Å². The molecule has 0 saturated carbocycles. The van der Waals surface area contributed by atoms with E-state index in [0.29, 0.717) is 11.1 Å². The Balaban J connectivity index is 1.47. The van der Waals surface area contributed by atoms with Gasteiger partial charge in [-0.15, -0.1) is 0 Å². The average molecular weight is 735 g/mol. The number of hydrogen-bond acceptors (Lipinski definition) is 1. The fourth-order valence-corrected chi connectivity index (χ4v) is 15.6. The lowest BCUT2D eigenvalue weighted by Crippen LogP contribution is -2.42. The van der Waals surface area contributed by atoms with Crippen LogP contribution in [-0.2, 0) is 29.1 Å². The van der Waals surface area contributed by atoms with E-state index in [-0.39, 0.29) is 16.2 Å². The summed E-state index contributed by atoms with van der Waals surface area (Å²) in [5, 5.41) is 0. The minimum Gasteiger partial charge on any atom is -0.496 e. The normalized spacial score (nSPS) is 18.4. The molecular weight excluding hydrogens is 669 g/mol. The Labute approximate surface area is 329 Å². The summed E-state index contributed by atoms with van der Waals surface area (Å²) in [7, 11) is -0.252. The van der Waals surface area contributed by atoms with Crippen LogP contribution in [0, 0.1) is 13.8 Å². The Morgan fingerprint density at radius 3 is 1.57 bits per heavy atom. The zero-order valence-electron chi connectivity index (χ0n) is 36.5. The molecule has 4 aromatic rings. The number of allylic oxidation sites excluding steroid dienone is 2. The lowest BCUT2D eigenvalue weighted by atomic mass is 9.77. The van der Waals surface area contributed by atoms with Crippen molar-refractivity contribution >= 4 is 20.2 Å². The van der Waals surface area contributed by atoms with E-state index in [4.69, 9.17) is 4.74 Å². The molecule has 4 aromatic carbocycles. The molecule has 3 aliphatic carbocycles. The predicted molar refractivity (Wildman–Crippen MR) is 238 cm³/mol. The van der Waals surface area contributed by atoms with Gasteiger partial charge in [-0.3, -0.25) is 0 Å².